The topological polar surface area (TPSA) is 101 Å². The molecule has 0 spiro atoms. The molecule has 2 fully saturated rings. The molecule has 2 aliphatic rings. The van der Waals surface area contributed by atoms with Crippen molar-refractivity contribution in [3.8, 4) is 5.75 Å². The van der Waals surface area contributed by atoms with Gasteiger partial charge in [0.1, 0.15) is 17.0 Å². The maximum absolute atomic E-state index is 13.7. The number of nitrogens with zero attached hydrogens (tertiary/aromatic N) is 1. The Hall–Kier alpha value is -3.20. The number of rotatable bonds is 7. The predicted octanol–water partition coefficient (Wildman–Crippen LogP) is 5.25. The summed E-state index contributed by atoms with van der Waals surface area (Å²) in [6, 6.07) is 1.94. The Morgan fingerprint density at radius 3 is 2.48 bits per heavy atom. The molecule has 216 valence electrons. The summed E-state index contributed by atoms with van der Waals surface area (Å²) in [6.07, 6.45) is -8.06. The van der Waals surface area contributed by atoms with Crippen molar-refractivity contribution < 1.29 is 50.2 Å². The fourth-order valence-corrected chi connectivity index (χ4v) is 5.65. The fraction of sp³-hybridized carbons (Fsp3) is 0.400. The smallest absolute Gasteiger partial charge is 0.419 e. The molecule has 4 rings (SSSR count). The van der Waals surface area contributed by atoms with Gasteiger partial charge in [-0.1, -0.05) is 5.57 Å². The van der Waals surface area contributed by atoms with E-state index in [0.29, 0.717) is 12.1 Å². The first-order valence-corrected chi connectivity index (χ1v) is 12.7. The summed E-state index contributed by atoms with van der Waals surface area (Å²) in [5.41, 5.74) is -2.21. The molecule has 0 aliphatic heterocycles. The van der Waals surface area contributed by atoms with Crippen molar-refractivity contribution in [2.75, 3.05) is 18.5 Å². The number of halogens is 8. The van der Waals surface area contributed by atoms with Crippen LogP contribution in [-0.2, 0) is 11.0 Å². The third kappa shape index (κ3) is 6.40. The zero-order chi connectivity index (χ0) is 29.4. The van der Waals surface area contributed by atoms with E-state index in [1.54, 1.807) is 0 Å². The Morgan fingerprint density at radius 2 is 1.82 bits per heavy atom. The van der Waals surface area contributed by atoms with Gasteiger partial charge in [0.15, 0.2) is 5.75 Å². The number of nitrogens with one attached hydrogen (secondary N) is 2. The molecule has 1 aromatic carbocycles. The van der Waals surface area contributed by atoms with Crippen LogP contribution in [0.5, 0.6) is 5.75 Å². The number of anilines is 1. The predicted molar refractivity (Wildman–Crippen MR) is 130 cm³/mol. The van der Waals surface area contributed by atoms with Crippen molar-refractivity contribution in [2.24, 2.45) is 17.8 Å². The maximum Gasteiger partial charge on any atom is 0.419 e. The average molecular weight is 640 g/mol. The SMILES string of the molecule is O=C(N[C@@H]1C2CCC(/C2=C/C(F)(F)F)[C@@H]1C(=O)Nc1ccc(F)c(C(F)(F)F)c1)c1cc(Br)ncc1OCCO. The van der Waals surface area contributed by atoms with Crippen molar-refractivity contribution in [2.45, 2.75) is 31.2 Å². The van der Waals surface area contributed by atoms with Crippen molar-refractivity contribution in [1.82, 2.24) is 10.3 Å². The molecular weight excluding hydrogens is 619 g/mol. The second-order valence-corrected chi connectivity index (χ2v) is 10.1. The Labute approximate surface area is 230 Å². The Bertz CT molecular complexity index is 1330. The van der Waals surface area contributed by atoms with Crippen LogP contribution in [0.25, 0.3) is 0 Å². The van der Waals surface area contributed by atoms with Crippen molar-refractivity contribution in [1.29, 1.82) is 0 Å². The van der Waals surface area contributed by atoms with E-state index in [1.807, 2.05) is 0 Å². The van der Waals surface area contributed by atoms with Crippen LogP contribution in [0.3, 0.4) is 0 Å². The number of aliphatic hydroxyl groups is 1. The number of hydrogen-bond acceptors (Lipinski definition) is 5. The van der Waals surface area contributed by atoms with E-state index in [2.05, 4.69) is 31.5 Å². The van der Waals surface area contributed by atoms with Gasteiger partial charge in [-0.05, 0) is 59.0 Å². The minimum atomic E-state index is -5.05. The number of carbonyl (C=O) groups is 2. The number of pyridine rings is 1. The van der Waals surface area contributed by atoms with Gasteiger partial charge in [0, 0.05) is 23.7 Å². The van der Waals surface area contributed by atoms with Crippen LogP contribution in [-0.4, -0.2) is 47.3 Å². The molecule has 2 unspecified atom stereocenters. The highest BCUT2D eigenvalue weighted by atomic mass is 79.9. The third-order valence-corrected chi connectivity index (χ3v) is 7.23. The van der Waals surface area contributed by atoms with Crippen LogP contribution < -0.4 is 15.4 Å². The maximum atomic E-state index is 13.7. The van der Waals surface area contributed by atoms with Crippen LogP contribution in [0.4, 0.5) is 36.4 Å². The summed E-state index contributed by atoms with van der Waals surface area (Å²) in [7, 11) is 0. The Balaban J connectivity index is 1.67. The summed E-state index contributed by atoms with van der Waals surface area (Å²) >= 11 is 3.12. The van der Waals surface area contributed by atoms with Crippen molar-refractivity contribution in [3.63, 3.8) is 0 Å². The van der Waals surface area contributed by atoms with Gasteiger partial charge in [-0.3, -0.25) is 9.59 Å². The number of ether oxygens (including phenoxy) is 1. The highest BCUT2D eigenvalue weighted by Crippen LogP contribution is 2.54. The molecule has 0 saturated heterocycles. The molecule has 2 bridgehead atoms. The van der Waals surface area contributed by atoms with E-state index in [4.69, 9.17) is 9.84 Å². The molecule has 4 atom stereocenters. The second kappa shape index (κ2) is 11.4. The van der Waals surface area contributed by atoms with Gasteiger partial charge in [0.2, 0.25) is 5.91 Å². The lowest BCUT2D eigenvalue weighted by Crippen LogP contribution is -2.48. The quantitative estimate of drug-likeness (QED) is 0.218. The first-order chi connectivity index (χ1) is 18.7. The van der Waals surface area contributed by atoms with Crippen LogP contribution in [0, 0.1) is 23.6 Å². The van der Waals surface area contributed by atoms with E-state index in [1.165, 1.54) is 12.3 Å². The Kier molecular flexibility index (Phi) is 8.45. The third-order valence-electron chi connectivity index (χ3n) is 6.80. The molecule has 2 aromatic rings. The first kappa shape index (κ1) is 29.8. The van der Waals surface area contributed by atoms with Gasteiger partial charge in [-0.25, -0.2) is 9.37 Å². The number of allylic oxidation sites excluding steroid dienone is 1. The monoisotopic (exact) mass is 639 g/mol. The molecule has 1 heterocycles. The molecule has 2 amide bonds. The zero-order valence-electron chi connectivity index (χ0n) is 20.2. The van der Waals surface area contributed by atoms with Gasteiger partial charge in [0.05, 0.1) is 29.8 Å². The largest absolute Gasteiger partial charge is 0.489 e. The molecule has 40 heavy (non-hydrogen) atoms. The minimum Gasteiger partial charge on any atom is -0.489 e. The van der Waals surface area contributed by atoms with Gasteiger partial charge >= 0.3 is 12.4 Å². The number of aromatic nitrogens is 1. The molecule has 3 N–H and O–H groups in total. The molecule has 0 radical (unpaired) electrons. The van der Waals surface area contributed by atoms with Crippen LogP contribution in [0.1, 0.15) is 28.8 Å². The summed E-state index contributed by atoms with van der Waals surface area (Å²) in [6.45, 7) is -0.560. The zero-order valence-corrected chi connectivity index (χ0v) is 21.8. The molecule has 2 aliphatic carbocycles. The number of carbonyl (C=O) groups excluding carboxylic acids is 2. The second-order valence-electron chi connectivity index (χ2n) is 9.26. The summed E-state index contributed by atoms with van der Waals surface area (Å²) < 4.78 is 98.8. The van der Waals surface area contributed by atoms with E-state index in [0.717, 1.165) is 6.07 Å². The standard InChI is InChI=1S/C25H21BrF7N3O4/c26-19-8-14(18(10-34-19)40-6-5-37)22(38)36-21-13-3-2-12(15(13)9-24(28,29)30)20(21)23(39)35-11-1-4-17(27)16(7-11)25(31,32)33/h1,4,7-10,12-13,20-21,37H,2-3,5-6H2,(H,35,39)(H,36,38)/b15-9-/t12?,13?,20-,21+/m0/s1. The average Bonchev–Trinajstić information content (AvgIpc) is 3.36. The number of aliphatic hydroxyl groups excluding tert-OH is 1. The van der Waals surface area contributed by atoms with E-state index in [9.17, 15) is 40.3 Å². The normalized spacial score (nSPS) is 23.4. The van der Waals surface area contributed by atoms with Crippen molar-refractivity contribution in [3.05, 3.63) is 63.7 Å². The number of fused-ring (bicyclic) bond motifs is 2. The Morgan fingerprint density at radius 1 is 1.12 bits per heavy atom. The van der Waals surface area contributed by atoms with Crippen LogP contribution >= 0.6 is 15.9 Å². The van der Waals surface area contributed by atoms with Crippen LogP contribution in [0.15, 0.2) is 46.7 Å². The van der Waals surface area contributed by atoms with Gasteiger partial charge in [0.25, 0.3) is 5.91 Å². The van der Waals surface area contributed by atoms with E-state index in [-0.39, 0.29) is 53.6 Å². The van der Waals surface area contributed by atoms with E-state index >= 15 is 0 Å². The van der Waals surface area contributed by atoms with E-state index < -0.39 is 65.0 Å². The lowest BCUT2D eigenvalue weighted by Gasteiger charge is -2.30. The molecule has 15 heteroatoms. The number of benzene rings is 1. The summed E-state index contributed by atoms with van der Waals surface area (Å²) in [5, 5.41) is 13.9. The number of alkyl halides is 6. The van der Waals surface area contributed by atoms with Gasteiger partial charge in [-0.15, -0.1) is 0 Å². The fourth-order valence-electron chi connectivity index (χ4n) is 5.32. The van der Waals surface area contributed by atoms with Crippen LogP contribution in [0.2, 0.25) is 0 Å². The highest BCUT2D eigenvalue weighted by Gasteiger charge is 2.55. The van der Waals surface area contributed by atoms with Gasteiger partial charge < -0.3 is 20.5 Å². The molecular formula is C25H21BrF7N3O4. The molecule has 2 saturated carbocycles. The highest BCUT2D eigenvalue weighted by molar-refractivity contribution is 9.10. The number of amides is 2. The minimum absolute atomic E-state index is 0.0315. The lowest BCUT2D eigenvalue weighted by atomic mass is 9.83. The van der Waals surface area contributed by atoms with Crippen molar-refractivity contribution >= 4 is 33.4 Å². The molecule has 1 aromatic heterocycles. The molecule has 7 nitrogen and oxygen atoms in total. The van der Waals surface area contributed by atoms with Gasteiger partial charge in [-0.2, -0.15) is 26.3 Å². The number of hydrogen-bond donors (Lipinski definition) is 3. The first-order valence-electron chi connectivity index (χ1n) is 11.9. The summed E-state index contributed by atoms with van der Waals surface area (Å²) in [4.78, 5) is 30.6. The lowest BCUT2D eigenvalue weighted by molar-refractivity contribution is -0.140. The summed E-state index contributed by atoms with van der Waals surface area (Å²) in [5.74, 6) is -6.43.